The van der Waals surface area contributed by atoms with E-state index in [4.69, 9.17) is 28.9 Å². The molecule has 0 aliphatic carbocycles. The largest absolute Gasteiger partial charge is 0.461 e. The number of aliphatic hydroxyl groups excluding tert-OH is 1. The monoisotopic (exact) mass is 444 g/mol. The van der Waals surface area contributed by atoms with Gasteiger partial charge in [-0.15, -0.1) is 0 Å². The van der Waals surface area contributed by atoms with Crippen molar-refractivity contribution in [2.75, 3.05) is 0 Å². The summed E-state index contributed by atoms with van der Waals surface area (Å²) in [5, 5.41) is 19.4. The molecule has 3 aromatic rings. The van der Waals surface area contributed by atoms with Crippen molar-refractivity contribution in [1.29, 1.82) is 0 Å². The summed E-state index contributed by atoms with van der Waals surface area (Å²) >= 11 is 11.9. The van der Waals surface area contributed by atoms with Crippen LogP contribution >= 0.6 is 35.2 Å². The minimum Gasteiger partial charge on any atom is -0.461 e. The minimum atomic E-state index is -0.659. The Hall–Kier alpha value is -2.47. The van der Waals surface area contributed by atoms with Crippen LogP contribution in [-0.4, -0.2) is 31.0 Å². The predicted molar refractivity (Wildman–Crippen MR) is 109 cm³/mol. The van der Waals surface area contributed by atoms with Gasteiger partial charge in [0.1, 0.15) is 11.4 Å². The number of ether oxygens (including phenoxy) is 1. The second-order valence-electron chi connectivity index (χ2n) is 4.97. The average molecular weight is 445 g/mol. The van der Waals surface area contributed by atoms with Gasteiger partial charge in [-0.25, -0.2) is 9.97 Å². The predicted octanol–water partition coefficient (Wildman–Crippen LogP) is 4.19. The number of hydrogen-bond acceptors (Lipinski definition) is 9. The van der Waals surface area contributed by atoms with E-state index in [1.807, 2.05) is 0 Å². The Labute approximate surface area is 174 Å². The molecule has 0 saturated heterocycles. The van der Waals surface area contributed by atoms with E-state index >= 15 is 0 Å². The van der Waals surface area contributed by atoms with E-state index in [0.717, 1.165) is 15.9 Å². The van der Waals surface area contributed by atoms with Crippen molar-refractivity contribution < 1.29 is 19.6 Å². The lowest BCUT2D eigenvalue weighted by Crippen LogP contribution is -2.03. The van der Waals surface area contributed by atoms with Crippen LogP contribution < -0.4 is 0 Å². The van der Waals surface area contributed by atoms with Crippen molar-refractivity contribution in [1.82, 2.24) is 15.0 Å². The van der Waals surface area contributed by atoms with E-state index in [-0.39, 0.29) is 37.0 Å². The molecule has 0 unspecified atom stereocenters. The van der Waals surface area contributed by atoms with Gasteiger partial charge in [0.25, 0.3) is 0 Å². The highest BCUT2D eigenvalue weighted by molar-refractivity contribution is 7.73. The molecule has 0 radical (unpaired) electrons. The molecule has 0 saturated carbocycles. The Bertz CT molecular complexity index is 1040. The Morgan fingerprint density at radius 2 is 2.04 bits per heavy atom. The van der Waals surface area contributed by atoms with Crippen molar-refractivity contribution in [3.63, 3.8) is 0 Å². The number of carbonyl (C=O) groups is 1. The molecular formula is C16H17ClN4O5S2. The molecule has 3 aromatic heterocycles. The van der Waals surface area contributed by atoms with Crippen LogP contribution in [0.2, 0.25) is 5.15 Å². The summed E-state index contributed by atoms with van der Waals surface area (Å²) in [6.45, 7) is 1.05. The number of aliphatic hydroxyl groups is 1. The number of H-pyrrole nitrogens is 1. The molecule has 0 bridgehead atoms. The third-order valence-electron chi connectivity index (χ3n) is 3.17. The molecule has 9 nitrogen and oxygen atoms in total. The molecule has 0 aromatic carbocycles. The van der Waals surface area contributed by atoms with Gasteiger partial charge in [0.2, 0.25) is 5.15 Å². The molecular weight excluding hydrogens is 428 g/mol. The van der Waals surface area contributed by atoms with Crippen LogP contribution in [-0.2, 0) is 22.7 Å². The van der Waals surface area contributed by atoms with Crippen molar-refractivity contribution in [3.8, 4) is 0 Å². The maximum absolute atomic E-state index is 10.6. The lowest BCUT2D eigenvalue weighted by atomic mass is 10.2. The number of hydrogen-bond donors (Lipinski definition) is 2. The number of thiazole rings is 1. The Morgan fingerprint density at radius 1 is 1.39 bits per heavy atom. The standard InChI is InChI=1S/C8H7ClN2O4.C7H6N2OS2.CH4/c1-5(12)15-4-6-2-3-10-8(9)7(6)11(13)14;10-3-4-1-2-8-6-5(4)9-7(11)12-6;/h2-3H,4H2,1H3;1-2,10H,3H2,(H,9,11);1H4. The van der Waals surface area contributed by atoms with Crippen molar-refractivity contribution in [3.05, 3.63) is 54.9 Å². The van der Waals surface area contributed by atoms with Gasteiger partial charge in [0.05, 0.1) is 22.6 Å². The number of nitrogens with one attached hydrogen (secondary N) is 1. The first kappa shape index (κ1) is 23.6. The smallest absolute Gasteiger partial charge is 0.313 e. The van der Waals surface area contributed by atoms with Gasteiger partial charge < -0.3 is 14.8 Å². The van der Waals surface area contributed by atoms with E-state index < -0.39 is 10.9 Å². The second-order valence-corrected chi connectivity index (χ2v) is 6.99. The molecule has 0 fully saturated rings. The number of aromatic nitrogens is 3. The van der Waals surface area contributed by atoms with Gasteiger partial charge in [-0.2, -0.15) is 0 Å². The van der Waals surface area contributed by atoms with Crippen molar-refractivity contribution >= 4 is 57.2 Å². The van der Waals surface area contributed by atoms with Crippen LogP contribution in [0.25, 0.3) is 10.3 Å². The molecule has 150 valence electrons. The second kappa shape index (κ2) is 10.8. The molecule has 0 atom stereocenters. The lowest BCUT2D eigenvalue weighted by Gasteiger charge is -2.03. The minimum absolute atomic E-state index is 0. The summed E-state index contributed by atoms with van der Waals surface area (Å²) in [4.78, 5) is 32.0. The van der Waals surface area contributed by atoms with E-state index in [9.17, 15) is 14.9 Å². The van der Waals surface area contributed by atoms with E-state index in [1.54, 1.807) is 12.3 Å². The molecule has 2 N–H and O–H groups in total. The maximum atomic E-state index is 10.6. The third kappa shape index (κ3) is 6.02. The number of fused-ring (bicyclic) bond motifs is 1. The highest BCUT2D eigenvalue weighted by Gasteiger charge is 2.20. The Balaban J connectivity index is 0.000000275. The number of carbonyl (C=O) groups excluding carboxylic acids is 1. The van der Waals surface area contributed by atoms with Crippen LogP contribution in [0.15, 0.2) is 24.5 Å². The quantitative estimate of drug-likeness (QED) is 0.201. The average Bonchev–Trinajstić information content (AvgIpc) is 3.00. The van der Waals surface area contributed by atoms with Gasteiger partial charge in [-0.1, -0.05) is 30.4 Å². The summed E-state index contributed by atoms with van der Waals surface area (Å²) in [5.74, 6) is -0.516. The van der Waals surface area contributed by atoms with E-state index in [1.165, 1.54) is 30.5 Å². The lowest BCUT2D eigenvalue weighted by molar-refractivity contribution is -0.386. The summed E-state index contributed by atoms with van der Waals surface area (Å²) in [6.07, 6.45) is 2.99. The SMILES string of the molecule is C.CC(=O)OCc1ccnc(Cl)c1[N+](=O)[O-].OCc1ccnc2sc(=S)[nH]c12. The van der Waals surface area contributed by atoms with Crippen molar-refractivity contribution in [2.24, 2.45) is 0 Å². The molecule has 3 heterocycles. The summed E-state index contributed by atoms with van der Waals surface area (Å²) in [6, 6.07) is 3.16. The normalized spacial score (nSPS) is 9.82. The zero-order chi connectivity index (χ0) is 20.0. The molecule has 28 heavy (non-hydrogen) atoms. The van der Waals surface area contributed by atoms with Gasteiger partial charge >= 0.3 is 11.7 Å². The molecule has 0 aliphatic heterocycles. The highest BCUT2D eigenvalue weighted by Crippen LogP contribution is 2.26. The zero-order valence-electron chi connectivity index (χ0n) is 13.8. The molecule has 0 amide bonds. The van der Waals surface area contributed by atoms with Crippen LogP contribution in [0, 0.1) is 14.1 Å². The number of pyridine rings is 2. The van der Waals surface area contributed by atoms with Crippen LogP contribution in [0.4, 0.5) is 5.69 Å². The Kier molecular flexibility index (Phi) is 9.06. The summed E-state index contributed by atoms with van der Waals surface area (Å²) < 4.78 is 5.34. The summed E-state index contributed by atoms with van der Waals surface area (Å²) in [7, 11) is 0. The topological polar surface area (TPSA) is 131 Å². The van der Waals surface area contributed by atoms with Gasteiger partial charge in [0, 0.05) is 24.9 Å². The van der Waals surface area contributed by atoms with Crippen LogP contribution in [0.3, 0.4) is 0 Å². The fourth-order valence-electron chi connectivity index (χ4n) is 1.99. The zero-order valence-corrected chi connectivity index (χ0v) is 16.2. The fourth-order valence-corrected chi connectivity index (χ4v) is 3.30. The van der Waals surface area contributed by atoms with Crippen LogP contribution in [0.1, 0.15) is 25.5 Å². The van der Waals surface area contributed by atoms with Crippen LogP contribution in [0.5, 0.6) is 0 Å². The number of nitrogens with zero attached hydrogens (tertiary/aromatic N) is 3. The molecule has 3 rings (SSSR count). The number of aromatic amines is 1. The van der Waals surface area contributed by atoms with Gasteiger partial charge in [0.15, 0.2) is 3.95 Å². The first-order chi connectivity index (χ1) is 12.8. The molecule has 12 heteroatoms. The first-order valence-electron chi connectivity index (χ1n) is 7.32. The molecule has 0 spiro atoms. The van der Waals surface area contributed by atoms with Gasteiger partial charge in [-0.05, 0) is 24.4 Å². The highest BCUT2D eigenvalue weighted by atomic mass is 35.5. The summed E-state index contributed by atoms with van der Waals surface area (Å²) in [5.41, 5.74) is 1.58. The number of rotatable bonds is 4. The maximum Gasteiger partial charge on any atom is 0.313 e. The first-order valence-corrected chi connectivity index (χ1v) is 8.92. The fraction of sp³-hybridized carbons (Fsp3) is 0.250. The third-order valence-corrected chi connectivity index (χ3v) is 4.58. The van der Waals surface area contributed by atoms with Crippen molar-refractivity contribution in [2.45, 2.75) is 27.6 Å². The van der Waals surface area contributed by atoms with E-state index in [2.05, 4.69) is 19.7 Å². The van der Waals surface area contributed by atoms with Gasteiger partial charge in [-0.3, -0.25) is 14.9 Å². The molecule has 0 aliphatic rings. The Morgan fingerprint density at radius 3 is 2.64 bits per heavy atom. The van der Waals surface area contributed by atoms with E-state index in [0.29, 0.717) is 3.95 Å². The number of halogens is 1. The number of nitro groups is 1. The number of esters is 1.